The Bertz CT molecular complexity index is 653. The van der Waals surface area contributed by atoms with Crippen molar-refractivity contribution in [2.75, 3.05) is 13.2 Å². The number of carbonyl (C=O) groups is 1. The van der Waals surface area contributed by atoms with Gasteiger partial charge < -0.3 is 9.47 Å². The van der Waals surface area contributed by atoms with Gasteiger partial charge in [0.25, 0.3) is 5.91 Å². The lowest BCUT2D eigenvalue weighted by atomic mass is 10.2. The summed E-state index contributed by atoms with van der Waals surface area (Å²) in [5.41, 5.74) is 3.90. The molecule has 5 heteroatoms. The zero-order valence-corrected chi connectivity index (χ0v) is 13.4. The highest BCUT2D eigenvalue weighted by Gasteiger charge is 2.18. The third-order valence-electron chi connectivity index (χ3n) is 3.83. The first kappa shape index (κ1) is 16.5. The summed E-state index contributed by atoms with van der Waals surface area (Å²) < 4.78 is 11.3. The number of rotatable bonds is 7. The van der Waals surface area contributed by atoms with Gasteiger partial charge in [0, 0.05) is 6.61 Å². The van der Waals surface area contributed by atoms with Crippen LogP contribution in [-0.4, -0.2) is 25.2 Å². The largest absolute Gasteiger partial charge is 0.490 e. The van der Waals surface area contributed by atoms with Crippen molar-refractivity contribution in [3.05, 3.63) is 65.7 Å². The Morgan fingerprint density at radius 2 is 1.92 bits per heavy atom. The number of carbonyl (C=O) groups excluding carboxylic acids is 1. The van der Waals surface area contributed by atoms with Crippen LogP contribution in [-0.2, 0) is 16.2 Å². The highest BCUT2D eigenvalue weighted by atomic mass is 16.6. The number of benzene rings is 2. The lowest BCUT2D eigenvalue weighted by molar-refractivity contribution is 0.0227. The molecule has 0 unspecified atom stereocenters. The van der Waals surface area contributed by atoms with E-state index in [4.69, 9.17) is 14.3 Å². The van der Waals surface area contributed by atoms with Crippen LogP contribution in [0.5, 0.6) is 5.75 Å². The first-order chi connectivity index (χ1) is 11.8. The second-order valence-electron chi connectivity index (χ2n) is 5.65. The van der Waals surface area contributed by atoms with Gasteiger partial charge in [-0.2, -0.15) is 0 Å². The molecule has 24 heavy (non-hydrogen) atoms. The molecule has 1 atom stereocenters. The molecule has 0 radical (unpaired) electrons. The molecule has 1 aliphatic heterocycles. The number of para-hydroxylation sites is 1. The van der Waals surface area contributed by atoms with E-state index in [1.165, 1.54) is 0 Å². The molecule has 0 spiro atoms. The molecule has 0 saturated carbocycles. The lowest BCUT2D eigenvalue weighted by Gasteiger charge is -2.14. The molecule has 0 aromatic heterocycles. The number of hydrogen-bond acceptors (Lipinski definition) is 4. The predicted molar refractivity (Wildman–Crippen MR) is 89.6 cm³/mol. The smallest absolute Gasteiger partial charge is 0.278 e. The van der Waals surface area contributed by atoms with Crippen LogP contribution in [0.25, 0.3) is 0 Å². The molecule has 0 bridgehead atoms. The maximum absolute atomic E-state index is 12.3. The fourth-order valence-electron chi connectivity index (χ4n) is 2.55. The summed E-state index contributed by atoms with van der Waals surface area (Å²) in [5.74, 6) is 0.211. The van der Waals surface area contributed by atoms with Crippen molar-refractivity contribution >= 4 is 5.91 Å². The van der Waals surface area contributed by atoms with Crippen LogP contribution in [0.15, 0.2) is 54.6 Å². The van der Waals surface area contributed by atoms with Gasteiger partial charge in [-0.15, -0.1) is 0 Å². The van der Waals surface area contributed by atoms with E-state index in [-0.39, 0.29) is 12.0 Å². The number of amides is 1. The minimum Gasteiger partial charge on any atom is -0.490 e. The zero-order chi connectivity index (χ0) is 16.6. The van der Waals surface area contributed by atoms with E-state index < -0.39 is 0 Å². The molecular weight excluding hydrogens is 306 g/mol. The molecule has 126 valence electrons. The molecule has 0 aliphatic carbocycles. The standard InChI is InChI=1S/C19H21NO4/c21-19(20-24-13-15-7-2-1-3-8-15)17-10-4-5-11-18(17)23-14-16-9-6-12-22-16/h1-5,7-8,10-11,16H,6,9,12-14H2,(H,20,21)/t16-/m0/s1. The molecular formula is C19H21NO4. The zero-order valence-electron chi connectivity index (χ0n) is 13.4. The van der Waals surface area contributed by atoms with Gasteiger partial charge in [-0.3, -0.25) is 9.63 Å². The van der Waals surface area contributed by atoms with Gasteiger partial charge in [0.1, 0.15) is 12.4 Å². The highest BCUT2D eigenvalue weighted by molar-refractivity contribution is 5.96. The molecule has 2 aromatic rings. The van der Waals surface area contributed by atoms with Gasteiger partial charge in [0.2, 0.25) is 0 Å². The van der Waals surface area contributed by atoms with Crippen LogP contribution in [0, 0.1) is 0 Å². The molecule has 3 rings (SSSR count). The minimum absolute atomic E-state index is 0.107. The highest BCUT2D eigenvalue weighted by Crippen LogP contribution is 2.20. The van der Waals surface area contributed by atoms with Crippen molar-refractivity contribution in [2.24, 2.45) is 0 Å². The summed E-state index contributed by atoms with van der Waals surface area (Å²) in [7, 11) is 0. The Kier molecular flexibility index (Phi) is 5.82. The topological polar surface area (TPSA) is 56.8 Å². The Hall–Kier alpha value is -2.37. The van der Waals surface area contributed by atoms with Gasteiger partial charge in [0.15, 0.2) is 0 Å². The van der Waals surface area contributed by atoms with Gasteiger partial charge in [0.05, 0.1) is 18.3 Å². The summed E-state index contributed by atoms with van der Waals surface area (Å²) in [6, 6.07) is 16.8. The van der Waals surface area contributed by atoms with Crippen molar-refractivity contribution in [3.63, 3.8) is 0 Å². The summed E-state index contributed by atoms with van der Waals surface area (Å²) in [6.07, 6.45) is 2.16. The normalized spacial score (nSPS) is 16.8. The number of nitrogens with one attached hydrogen (secondary N) is 1. The first-order valence-corrected chi connectivity index (χ1v) is 8.12. The fourth-order valence-corrected chi connectivity index (χ4v) is 2.55. The Labute approximate surface area is 141 Å². The van der Waals surface area contributed by atoms with Crippen molar-refractivity contribution in [3.8, 4) is 5.75 Å². The molecule has 1 heterocycles. The molecule has 1 saturated heterocycles. The van der Waals surface area contributed by atoms with E-state index in [9.17, 15) is 4.79 Å². The van der Waals surface area contributed by atoms with Crippen LogP contribution in [0.3, 0.4) is 0 Å². The van der Waals surface area contributed by atoms with Crippen molar-refractivity contribution in [1.29, 1.82) is 0 Å². The van der Waals surface area contributed by atoms with Crippen LogP contribution < -0.4 is 10.2 Å². The lowest BCUT2D eigenvalue weighted by Crippen LogP contribution is -2.25. The van der Waals surface area contributed by atoms with E-state index in [1.54, 1.807) is 18.2 Å². The number of hydrogen-bond donors (Lipinski definition) is 1. The quantitative estimate of drug-likeness (QED) is 0.794. The summed E-state index contributed by atoms with van der Waals surface area (Å²) in [4.78, 5) is 17.6. The van der Waals surface area contributed by atoms with E-state index in [2.05, 4.69) is 5.48 Å². The van der Waals surface area contributed by atoms with Crippen molar-refractivity contribution in [2.45, 2.75) is 25.6 Å². The monoisotopic (exact) mass is 327 g/mol. The summed E-state index contributed by atoms with van der Waals surface area (Å²) in [5, 5.41) is 0. The van der Waals surface area contributed by atoms with Gasteiger partial charge in [-0.1, -0.05) is 42.5 Å². The maximum Gasteiger partial charge on any atom is 0.278 e. The number of ether oxygens (including phenoxy) is 2. The van der Waals surface area contributed by atoms with Crippen molar-refractivity contribution in [1.82, 2.24) is 5.48 Å². The van der Waals surface area contributed by atoms with Crippen LogP contribution >= 0.6 is 0 Å². The molecule has 2 aromatic carbocycles. The van der Waals surface area contributed by atoms with Crippen molar-refractivity contribution < 1.29 is 19.1 Å². The molecule has 1 amide bonds. The molecule has 1 fully saturated rings. The fraction of sp³-hybridized carbons (Fsp3) is 0.316. The van der Waals surface area contributed by atoms with Crippen LogP contribution in [0.4, 0.5) is 0 Å². The average Bonchev–Trinajstić information content (AvgIpc) is 3.14. The number of hydroxylamine groups is 1. The minimum atomic E-state index is -0.325. The second kappa shape index (κ2) is 8.47. The summed E-state index contributed by atoms with van der Waals surface area (Å²) in [6.45, 7) is 1.55. The Balaban J connectivity index is 1.53. The van der Waals surface area contributed by atoms with Gasteiger partial charge in [-0.25, -0.2) is 5.48 Å². The van der Waals surface area contributed by atoms with Crippen LogP contribution in [0.1, 0.15) is 28.8 Å². The van der Waals surface area contributed by atoms with E-state index in [0.29, 0.717) is 24.5 Å². The predicted octanol–water partition coefficient (Wildman–Crippen LogP) is 3.11. The second-order valence-corrected chi connectivity index (χ2v) is 5.65. The molecule has 1 aliphatic rings. The van der Waals surface area contributed by atoms with E-state index in [1.807, 2.05) is 36.4 Å². The van der Waals surface area contributed by atoms with E-state index in [0.717, 1.165) is 25.0 Å². The third-order valence-corrected chi connectivity index (χ3v) is 3.83. The SMILES string of the molecule is O=C(NOCc1ccccc1)c1ccccc1OC[C@@H]1CCCO1. The van der Waals surface area contributed by atoms with E-state index >= 15 is 0 Å². The average molecular weight is 327 g/mol. The molecule has 1 N–H and O–H groups in total. The molecule has 5 nitrogen and oxygen atoms in total. The maximum atomic E-state index is 12.3. The Morgan fingerprint density at radius 1 is 1.12 bits per heavy atom. The van der Waals surface area contributed by atoms with Gasteiger partial charge in [-0.05, 0) is 30.5 Å². The first-order valence-electron chi connectivity index (χ1n) is 8.12. The van der Waals surface area contributed by atoms with Gasteiger partial charge >= 0.3 is 0 Å². The van der Waals surface area contributed by atoms with Crippen LogP contribution in [0.2, 0.25) is 0 Å². The Morgan fingerprint density at radius 3 is 2.71 bits per heavy atom. The third kappa shape index (κ3) is 4.57. The summed E-state index contributed by atoms with van der Waals surface area (Å²) >= 11 is 0.